The molecule has 1 aromatic carbocycles. The van der Waals surface area contributed by atoms with Crippen LogP contribution in [0.2, 0.25) is 0 Å². The third kappa shape index (κ3) is 2.43. The molecule has 2 N–H and O–H groups in total. The maximum absolute atomic E-state index is 13.8. The van der Waals surface area contributed by atoms with Gasteiger partial charge in [-0.05, 0) is 38.3 Å². The van der Waals surface area contributed by atoms with Gasteiger partial charge in [-0.3, -0.25) is 0 Å². The lowest BCUT2D eigenvalue weighted by molar-refractivity contribution is 0.604. The lowest BCUT2D eigenvalue weighted by Gasteiger charge is -2.11. The molecule has 0 atom stereocenters. The van der Waals surface area contributed by atoms with E-state index in [9.17, 15) is 4.39 Å². The summed E-state index contributed by atoms with van der Waals surface area (Å²) < 4.78 is 15.9. The minimum atomic E-state index is -0.208. The number of imidazole rings is 1. The third-order valence-electron chi connectivity index (χ3n) is 4.52. The summed E-state index contributed by atoms with van der Waals surface area (Å²) in [7, 11) is 0. The second-order valence-electron chi connectivity index (χ2n) is 5.89. The number of aromatic nitrogens is 2. The molecule has 0 aliphatic heterocycles. The van der Waals surface area contributed by atoms with Gasteiger partial charge in [0.2, 0.25) is 0 Å². The standard InChI is InChI=1S/C17H22FN3/c1-3-21-16(19)15(13-9-8-11(2)14(18)10-13)20-17(21)12-6-4-5-7-12/h8-10,12H,3-7,19H2,1-2H3. The first-order chi connectivity index (χ1) is 10.1. The van der Waals surface area contributed by atoms with E-state index in [2.05, 4.69) is 11.5 Å². The predicted octanol–water partition coefficient (Wildman–Crippen LogP) is 4.26. The van der Waals surface area contributed by atoms with E-state index in [1.54, 1.807) is 13.0 Å². The predicted molar refractivity (Wildman–Crippen MR) is 83.7 cm³/mol. The van der Waals surface area contributed by atoms with Gasteiger partial charge in [0, 0.05) is 18.0 Å². The molecule has 0 spiro atoms. The van der Waals surface area contributed by atoms with Crippen molar-refractivity contribution in [2.45, 2.75) is 52.0 Å². The van der Waals surface area contributed by atoms with Crippen LogP contribution in [0, 0.1) is 12.7 Å². The summed E-state index contributed by atoms with van der Waals surface area (Å²) in [6.45, 7) is 4.64. The topological polar surface area (TPSA) is 43.8 Å². The molecule has 2 aromatic rings. The maximum Gasteiger partial charge on any atom is 0.131 e. The Kier molecular flexibility index (Phi) is 3.70. The fourth-order valence-electron chi connectivity index (χ4n) is 3.26. The zero-order valence-corrected chi connectivity index (χ0v) is 12.7. The van der Waals surface area contributed by atoms with Crippen molar-refractivity contribution < 1.29 is 4.39 Å². The number of aryl methyl sites for hydroxylation is 1. The fraction of sp³-hybridized carbons (Fsp3) is 0.471. The molecule has 0 radical (unpaired) electrons. The Labute approximate surface area is 125 Å². The highest BCUT2D eigenvalue weighted by Crippen LogP contribution is 2.37. The maximum atomic E-state index is 13.8. The molecule has 3 nitrogen and oxygen atoms in total. The molecule has 112 valence electrons. The van der Waals surface area contributed by atoms with Crippen LogP contribution in [0.5, 0.6) is 0 Å². The Bertz CT molecular complexity index is 654. The second-order valence-corrected chi connectivity index (χ2v) is 5.89. The van der Waals surface area contributed by atoms with E-state index in [4.69, 9.17) is 10.7 Å². The Balaban J connectivity index is 2.08. The van der Waals surface area contributed by atoms with Gasteiger partial charge >= 0.3 is 0 Å². The molecular formula is C17H22FN3. The van der Waals surface area contributed by atoms with E-state index < -0.39 is 0 Å². The normalized spacial score (nSPS) is 15.8. The smallest absolute Gasteiger partial charge is 0.131 e. The van der Waals surface area contributed by atoms with E-state index in [1.807, 2.05) is 6.07 Å². The van der Waals surface area contributed by atoms with Crippen molar-refractivity contribution in [1.29, 1.82) is 0 Å². The van der Waals surface area contributed by atoms with Crippen LogP contribution in [0.3, 0.4) is 0 Å². The molecule has 0 saturated heterocycles. The number of nitrogens with two attached hydrogens (primary N) is 1. The van der Waals surface area contributed by atoms with E-state index in [1.165, 1.54) is 31.7 Å². The molecule has 1 heterocycles. The van der Waals surface area contributed by atoms with Crippen molar-refractivity contribution in [3.05, 3.63) is 35.4 Å². The van der Waals surface area contributed by atoms with E-state index >= 15 is 0 Å². The van der Waals surface area contributed by atoms with E-state index in [-0.39, 0.29) is 5.82 Å². The highest BCUT2D eigenvalue weighted by Gasteiger charge is 2.25. The molecule has 3 rings (SSSR count). The molecule has 4 heteroatoms. The summed E-state index contributed by atoms with van der Waals surface area (Å²) in [6.07, 6.45) is 4.88. The highest BCUT2D eigenvalue weighted by molar-refractivity contribution is 5.71. The average Bonchev–Trinajstić information content (AvgIpc) is 3.09. The van der Waals surface area contributed by atoms with Gasteiger partial charge in [0.15, 0.2) is 0 Å². The monoisotopic (exact) mass is 287 g/mol. The van der Waals surface area contributed by atoms with Crippen molar-refractivity contribution in [3.8, 4) is 11.3 Å². The lowest BCUT2D eigenvalue weighted by Crippen LogP contribution is -2.08. The molecule has 1 fully saturated rings. The van der Waals surface area contributed by atoms with Crippen molar-refractivity contribution in [2.24, 2.45) is 0 Å². The first-order valence-corrected chi connectivity index (χ1v) is 7.74. The van der Waals surface area contributed by atoms with Gasteiger partial charge in [-0.1, -0.05) is 25.0 Å². The number of benzene rings is 1. The van der Waals surface area contributed by atoms with Crippen molar-refractivity contribution in [3.63, 3.8) is 0 Å². The van der Waals surface area contributed by atoms with Gasteiger partial charge in [-0.25, -0.2) is 9.37 Å². The van der Waals surface area contributed by atoms with Gasteiger partial charge in [0.05, 0.1) is 0 Å². The van der Waals surface area contributed by atoms with Gasteiger partial charge in [-0.2, -0.15) is 0 Å². The third-order valence-corrected chi connectivity index (χ3v) is 4.52. The first kappa shape index (κ1) is 14.1. The SMILES string of the molecule is CCn1c(C2CCCC2)nc(-c2ccc(C)c(F)c2)c1N. The Morgan fingerprint density at radius 2 is 2.05 bits per heavy atom. The molecule has 21 heavy (non-hydrogen) atoms. The molecule has 0 unspecified atom stereocenters. The Hall–Kier alpha value is -1.84. The summed E-state index contributed by atoms with van der Waals surface area (Å²) in [4.78, 5) is 4.77. The van der Waals surface area contributed by atoms with Crippen LogP contribution in [-0.2, 0) is 6.54 Å². The first-order valence-electron chi connectivity index (χ1n) is 7.74. The number of rotatable bonds is 3. The number of halogens is 1. The van der Waals surface area contributed by atoms with Gasteiger partial charge in [-0.15, -0.1) is 0 Å². The summed E-state index contributed by atoms with van der Waals surface area (Å²) >= 11 is 0. The number of anilines is 1. The van der Waals surface area contributed by atoms with Gasteiger partial charge < -0.3 is 10.3 Å². The molecular weight excluding hydrogens is 265 g/mol. The molecule has 1 aliphatic carbocycles. The van der Waals surface area contributed by atoms with Crippen molar-refractivity contribution in [2.75, 3.05) is 5.73 Å². The van der Waals surface area contributed by atoms with Crippen LogP contribution >= 0.6 is 0 Å². The van der Waals surface area contributed by atoms with Crippen LogP contribution < -0.4 is 5.73 Å². The zero-order valence-electron chi connectivity index (χ0n) is 12.7. The van der Waals surface area contributed by atoms with Crippen LogP contribution in [0.15, 0.2) is 18.2 Å². The Morgan fingerprint density at radius 1 is 1.33 bits per heavy atom. The van der Waals surface area contributed by atoms with Crippen molar-refractivity contribution in [1.82, 2.24) is 9.55 Å². The minimum Gasteiger partial charge on any atom is -0.383 e. The summed E-state index contributed by atoms with van der Waals surface area (Å²) in [5.74, 6) is 2.02. The lowest BCUT2D eigenvalue weighted by atomic mass is 10.1. The van der Waals surface area contributed by atoms with Crippen LogP contribution in [0.25, 0.3) is 11.3 Å². The zero-order chi connectivity index (χ0) is 15.0. The summed E-state index contributed by atoms with van der Waals surface area (Å²) in [5.41, 5.74) is 8.41. The molecule has 1 saturated carbocycles. The number of hydrogen-bond donors (Lipinski definition) is 1. The summed E-state index contributed by atoms with van der Waals surface area (Å²) in [6, 6.07) is 5.21. The largest absolute Gasteiger partial charge is 0.383 e. The molecule has 1 aliphatic rings. The quantitative estimate of drug-likeness (QED) is 0.916. The van der Waals surface area contributed by atoms with Gasteiger partial charge in [0.1, 0.15) is 23.2 Å². The van der Waals surface area contributed by atoms with Crippen LogP contribution in [0.4, 0.5) is 10.2 Å². The van der Waals surface area contributed by atoms with Crippen LogP contribution in [-0.4, -0.2) is 9.55 Å². The second kappa shape index (κ2) is 5.51. The number of nitrogens with zero attached hydrogens (tertiary/aromatic N) is 2. The Morgan fingerprint density at radius 3 is 2.67 bits per heavy atom. The summed E-state index contributed by atoms with van der Waals surface area (Å²) in [5, 5.41) is 0. The van der Waals surface area contributed by atoms with E-state index in [0.717, 1.165) is 23.6 Å². The molecule has 0 bridgehead atoms. The van der Waals surface area contributed by atoms with Gasteiger partial charge in [0.25, 0.3) is 0 Å². The van der Waals surface area contributed by atoms with Crippen LogP contribution in [0.1, 0.15) is 49.9 Å². The number of nitrogen functional groups attached to an aromatic ring is 1. The molecule has 0 amide bonds. The number of hydrogen-bond acceptors (Lipinski definition) is 2. The average molecular weight is 287 g/mol. The fourth-order valence-corrected chi connectivity index (χ4v) is 3.26. The minimum absolute atomic E-state index is 0.208. The highest BCUT2D eigenvalue weighted by atomic mass is 19.1. The molecule has 1 aromatic heterocycles. The van der Waals surface area contributed by atoms with E-state index in [0.29, 0.717) is 17.3 Å². The van der Waals surface area contributed by atoms with Crippen molar-refractivity contribution >= 4 is 5.82 Å².